The minimum absolute atomic E-state index is 0.588. The van der Waals surface area contributed by atoms with Crippen LogP contribution in [0, 0.1) is 6.92 Å². The topological polar surface area (TPSA) is 43.8 Å². The van der Waals surface area contributed by atoms with Crippen LogP contribution in [0.15, 0.2) is 42.7 Å². The van der Waals surface area contributed by atoms with Gasteiger partial charge in [0.05, 0.1) is 16.2 Å². The molecular weight excluding hydrogens is 246 g/mol. The molecule has 0 unspecified atom stereocenters. The molecule has 3 nitrogen and oxygen atoms in total. The zero-order valence-corrected chi connectivity index (χ0v) is 10.6. The molecule has 0 aliphatic heterocycles. The Balaban J connectivity index is 2.43. The highest BCUT2D eigenvalue weighted by Crippen LogP contribution is 2.32. The van der Waals surface area contributed by atoms with E-state index in [2.05, 4.69) is 11.1 Å². The van der Waals surface area contributed by atoms with Crippen molar-refractivity contribution in [2.45, 2.75) is 6.92 Å². The van der Waals surface area contributed by atoms with Crippen molar-refractivity contribution in [3.8, 4) is 5.69 Å². The van der Waals surface area contributed by atoms with Gasteiger partial charge in [-0.05, 0) is 24.6 Å². The van der Waals surface area contributed by atoms with E-state index in [0.29, 0.717) is 10.8 Å². The van der Waals surface area contributed by atoms with Crippen molar-refractivity contribution >= 4 is 28.3 Å². The van der Waals surface area contributed by atoms with Gasteiger partial charge in [0.15, 0.2) is 0 Å². The number of aromatic nitrogens is 2. The first-order valence-electron chi connectivity index (χ1n) is 5.65. The van der Waals surface area contributed by atoms with Gasteiger partial charge in [-0.3, -0.25) is 9.55 Å². The van der Waals surface area contributed by atoms with Gasteiger partial charge >= 0.3 is 0 Å². The van der Waals surface area contributed by atoms with Gasteiger partial charge in [-0.15, -0.1) is 0 Å². The van der Waals surface area contributed by atoms with Crippen molar-refractivity contribution in [2.24, 2.45) is 0 Å². The molecule has 18 heavy (non-hydrogen) atoms. The number of para-hydroxylation sites is 1. The number of pyridine rings is 1. The summed E-state index contributed by atoms with van der Waals surface area (Å²) in [5.41, 5.74) is 9.18. The van der Waals surface area contributed by atoms with Crippen LogP contribution in [0.4, 0.5) is 5.82 Å². The molecule has 3 rings (SSSR count). The van der Waals surface area contributed by atoms with E-state index in [1.165, 1.54) is 0 Å². The fourth-order valence-electron chi connectivity index (χ4n) is 2.23. The van der Waals surface area contributed by atoms with Crippen LogP contribution in [0.25, 0.3) is 16.6 Å². The molecule has 0 radical (unpaired) electrons. The number of rotatable bonds is 1. The van der Waals surface area contributed by atoms with Gasteiger partial charge in [0.2, 0.25) is 0 Å². The Morgan fingerprint density at radius 1 is 1.22 bits per heavy atom. The average Bonchev–Trinajstić information content (AvgIpc) is 2.64. The summed E-state index contributed by atoms with van der Waals surface area (Å²) in [6, 6.07) is 9.97. The van der Waals surface area contributed by atoms with E-state index in [0.717, 1.165) is 22.2 Å². The van der Waals surface area contributed by atoms with E-state index in [-0.39, 0.29) is 0 Å². The van der Waals surface area contributed by atoms with Crippen LogP contribution in [0.3, 0.4) is 0 Å². The maximum atomic E-state index is 6.20. The third-order valence-electron chi connectivity index (χ3n) is 3.17. The van der Waals surface area contributed by atoms with Gasteiger partial charge in [-0.2, -0.15) is 0 Å². The van der Waals surface area contributed by atoms with E-state index < -0.39 is 0 Å². The lowest BCUT2D eigenvalue weighted by atomic mass is 10.2. The van der Waals surface area contributed by atoms with Crippen LogP contribution < -0.4 is 5.73 Å². The van der Waals surface area contributed by atoms with Crippen LogP contribution in [-0.4, -0.2) is 9.55 Å². The summed E-state index contributed by atoms with van der Waals surface area (Å²) in [6.45, 7) is 2.02. The highest BCUT2D eigenvalue weighted by Gasteiger charge is 2.14. The second kappa shape index (κ2) is 4.03. The molecule has 0 atom stereocenters. The third-order valence-corrected chi connectivity index (χ3v) is 3.46. The third kappa shape index (κ3) is 1.48. The summed E-state index contributed by atoms with van der Waals surface area (Å²) in [5, 5.41) is 1.73. The summed E-state index contributed by atoms with van der Waals surface area (Å²) in [5.74, 6) is 0.712. The van der Waals surface area contributed by atoms with Gasteiger partial charge in [-0.1, -0.05) is 29.8 Å². The molecule has 0 amide bonds. The Morgan fingerprint density at radius 2 is 2.00 bits per heavy atom. The van der Waals surface area contributed by atoms with Gasteiger partial charge < -0.3 is 5.73 Å². The van der Waals surface area contributed by atoms with Crippen LogP contribution in [-0.2, 0) is 0 Å². The lowest BCUT2D eigenvalue weighted by Crippen LogP contribution is -2.01. The fourth-order valence-corrected chi connectivity index (χ4v) is 2.43. The Bertz CT molecular complexity index is 731. The number of nitrogens with zero attached hydrogens (tertiary/aromatic N) is 2. The summed E-state index contributed by atoms with van der Waals surface area (Å²) < 4.78 is 1.97. The van der Waals surface area contributed by atoms with Gasteiger partial charge in [0.25, 0.3) is 0 Å². The predicted octanol–water partition coefficient (Wildman–Crippen LogP) is 3.57. The number of aryl methyl sites for hydroxylation is 1. The van der Waals surface area contributed by atoms with Gasteiger partial charge in [0, 0.05) is 17.8 Å². The Labute approximate surface area is 110 Å². The van der Waals surface area contributed by atoms with Crippen molar-refractivity contribution in [1.82, 2.24) is 9.55 Å². The lowest BCUT2D eigenvalue weighted by Gasteiger charge is -2.09. The summed E-state index contributed by atoms with van der Waals surface area (Å²) in [6.07, 6.45) is 3.34. The highest BCUT2D eigenvalue weighted by molar-refractivity contribution is 6.32. The average molecular weight is 258 g/mol. The molecule has 2 N–H and O–H groups in total. The van der Waals surface area contributed by atoms with E-state index in [9.17, 15) is 0 Å². The SMILES string of the molecule is Cc1c(N)n(-c2ccncc2Cl)c2ccccc12. The van der Waals surface area contributed by atoms with Crippen molar-refractivity contribution < 1.29 is 0 Å². The van der Waals surface area contributed by atoms with Crippen LogP contribution >= 0.6 is 11.6 Å². The molecule has 0 aliphatic carbocycles. The number of nitrogens with two attached hydrogens (primary N) is 1. The number of hydrogen-bond acceptors (Lipinski definition) is 2. The van der Waals surface area contributed by atoms with Crippen LogP contribution in [0.1, 0.15) is 5.56 Å². The molecule has 0 bridgehead atoms. The second-order valence-electron chi connectivity index (χ2n) is 4.19. The van der Waals surface area contributed by atoms with E-state index in [1.54, 1.807) is 12.4 Å². The van der Waals surface area contributed by atoms with E-state index >= 15 is 0 Å². The zero-order chi connectivity index (χ0) is 12.7. The first kappa shape index (κ1) is 11.1. The summed E-state index contributed by atoms with van der Waals surface area (Å²) >= 11 is 6.20. The van der Waals surface area contributed by atoms with E-state index in [1.807, 2.05) is 35.8 Å². The molecule has 1 aromatic carbocycles. The number of benzene rings is 1. The largest absolute Gasteiger partial charge is 0.385 e. The zero-order valence-electron chi connectivity index (χ0n) is 9.89. The molecule has 0 saturated carbocycles. The number of nitrogen functional groups attached to an aromatic ring is 1. The number of fused-ring (bicyclic) bond motifs is 1. The number of hydrogen-bond donors (Lipinski definition) is 1. The quantitative estimate of drug-likeness (QED) is 0.724. The molecule has 0 aliphatic rings. The molecule has 2 heterocycles. The molecule has 90 valence electrons. The number of halogens is 1. The van der Waals surface area contributed by atoms with Crippen LogP contribution in [0.5, 0.6) is 0 Å². The summed E-state index contributed by atoms with van der Waals surface area (Å²) in [4.78, 5) is 4.00. The minimum atomic E-state index is 0.588. The Kier molecular flexibility index (Phi) is 2.49. The first-order valence-corrected chi connectivity index (χ1v) is 6.03. The molecule has 0 spiro atoms. The second-order valence-corrected chi connectivity index (χ2v) is 4.60. The standard InChI is InChI=1S/C14H12ClN3/c1-9-10-4-2-3-5-12(10)18(14(9)16)13-6-7-17-8-11(13)15/h2-8H,16H2,1H3. The molecule has 0 fully saturated rings. The van der Waals surface area contributed by atoms with Crippen LogP contribution in [0.2, 0.25) is 5.02 Å². The highest BCUT2D eigenvalue weighted by atomic mass is 35.5. The maximum absolute atomic E-state index is 6.20. The molecule has 0 saturated heterocycles. The predicted molar refractivity (Wildman–Crippen MR) is 75.2 cm³/mol. The Hall–Kier alpha value is -2.00. The van der Waals surface area contributed by atoms with Crippen molar-refractivity contribution in [3.63, 3.8) is 0 Å². The van der Waals surface area contributed by atoms with Crippen molar-refractivity contribution in [3.05, 3.63) is 53.3 Å². The van der Waals surface area contributed by atoms with Gasteiger partial charge in [-0.25, -0.2) is 0 Å². The maximum Gasteiger partial charge on any atom is 0.112 e. The molecule has 4 heteroatoms. The molecule has 2 aromatic heterocycles. The fraction of sp³-hybridized carbons (Fsp3) is 0.0714. The van der Waals surface area contributed by atoms with Gasteiger partial charge in [0.1, 0.15) is 5.82 Å². The lowest BCUT2D eigenvalue weighted by molar-refractivity contribution is 1.12. The van der Waals surface area contributed by atoms with Crippen molar-refractivity contribution in [1.29, 1.82) is 0 Å². The minimum Gasteiger partial charge on any atom is -0.385 e. The molecular formula is C14H12ClN3. The first-order chi connectivity index (χ1) is 8.70. The normalized spacial score (nSPS) is 11.0. The van der Waals surface area contributed by atoms with E-state index in [4.69, 9.17) is 17.3 Å². The Morgan fingerprint density at radius 3 is 2.78 bits per heavy atom. The number of anilines is 1. The smallest absolute Gasteiger partial charge is 0.112 e. The van der Waals surface area contributed by atoms with Crippen molar-refractivity contribution in [2.75, 3.05) is 5.73 Å². The monoisotopic (exact) mass is 257 g/mol. The molecule has 3 aromatic rings. The summed E-state index contributed by atoms with van der Waals surface area (Å²) in [7, 11) is 0.